The molecular weight excluding hydrogens is 491 g/mol. The molecule has 0 spiro atoms. The number of benzene rings is 2. The van der Waals surface area contributed by atoms with Crippen molar-refractivity contribution in [3.8, 4) is 0 Å². The van der Waals surface area contributed by atoms with Gasteiger partial charge in [-0.15, -0.1) is 35.3 Å². The van der Waals surface area contributed by atoms with E-state index in [0.717, 1.165) is 15.0 Å². The molecule has 3 aromatic rings. The van der Waals surface area contributed by atoms with Gasteiger partial charge in [-0.3, -0.25) is 15.1 Å². The van der Waals surface area contributed by atoms with Crippen molar-refractivity contribution < 1.29 is 10.0 Å². The predicted octanol–water partition coefficient (Wildman–Crippen LogP) is 3.83. The molecule has 0 fully saturated rings. The lowest BCUT2D eigenvalue weighted by Crippen LogP contribution is -2.39. The van der Waals surface area contributed by atoms with Crippen LogP contribution in [0, 0.1) is 10.1 Å². The number of halogens is 1. The van der Waals surface area contributed by atoms with E-state index in [9.17, 15) is 15.2 Å². The van der Waals surface area contributed by atoms with Crippen LogP contribution in [0.1, 0.15) is 16.5 Å². The van der Waals surface area contributed by atoms with Crippen LogP contribution in [0.3, 0.4) is 0 Å². The zero-order chi connectivity index (χ0) is 19.2. The number of nitro groups is 1. The van der Waals surface area contributed by atoms with Crippen molar-refractivity contribution in [2.75, 3.05) is 13.6 Å². The number of thiophene rings is 1. The first-order valence-electron chi connectivity index (χ1n) is 8.42. The average molecular weight is 512 g/mol. The van der Waals surface area contributed by atoms with Gasteiger partial charge in [0.15, 0.2) is 5.96 Å². The Hall–Kier alpha value is -2.24. The second-order valence-electron chi connectivity index (χ2n) is 5.89. The number of nitrogens with zero attached hydrogens (tertiary/aromatic N) is 2. The molecule has 0 aliphatic carbocycles. The number of fused-ring (bicyclic) bond motifs is 1. The van der Waals surface area contributed by atoms with Crippen molar-refractivity contribution in [1.82, 2.24) is 10.6 Å². The van der Waals surface area contributed by atoms with E-state index < -0.39 is 11.0 Å². The number of rotatable bonds is 6. The Morgan fingerprint density at radius 3 is 2.64 bits per heavy atom. The minimum atomic E-state index is -0.674. The van der Waals surface area contributed by atoms with Crippen molar-refractivity contribution >= 4 is 57.0 Å². The van der Waals surface area contributed by atoms with Crippen LogP contribution in [0.15, 0.2) is 59.6 Å². The largest absolute Gasteiger partial charge is 0.386 e. The van der Waals surface area contributed by atoms with Gasteiger partial charge in [-0.2, -0.15) is 0 Å². The Bertz CT molecular complexity index is 943. The van der Waals surface area contributed by atoms with Crippen molar-refractivity contribution in [2.45, 2.75) is 12.6 Å². The van der Waals surface area contributed by atoms with Crippen molar-refractivity contribution in [2.24, 2.45) is 4.99 Å². The maximum Gasteiger partial charge on any atom is 0.274 e. The summed E-state index contributed by atoms with van der Waals surface area (Å²) in [5, 5.41) is 28.7. The van der Waals surface area contributed by atoms with Crippen molar-refractivity contribution in [3.05, 3.63) is 75.2 Å². The Kier molecular flexibility index (Phi) is 8.15. The molecule has 0 saturated heterocycles. The van der Waals surface area contributed by atoms with Gasteiger partial charge in [0.2, 0.25) is 0 Å². The molecule has 0 amide bonds. The third-order valence-corrected chi connectivity index (χ3v) is 5.31. The van der Waals surface area contributed by atoms with Gasteiger partial charge in [0, 0.05) is 41.3 Å². The summed E-state index contributed by atoms with van der Waals surface area (Å²) in [6.07, 6.45) is -0.674. The molecular formula is C19H21IN4O3S. The molecule has 1 aromatic heterocycles. The minimum absolute atomic E-state index is 0. The van der Waals surface area contributed by atoms with E-state index in [2.05, 4.69) is 15.6 Å². The van der Waals surface area contributed by atoms with Crippen LogP contribution >= 0.6 is 35.3 Å². The van der Waals surface area contributed by atoms with Crippen molar-refractivity contribution in [1.29, 1.82) is 0 Å². The average Bonchev–Trinajstić information content (AvgIpc) is 3.12. The summed E-state index contributed by atoms with van der Waals surface area (Å²) in [7, 11) is 1.61. The third-order valence-electron chi connectivity index (χ3n) is 4.09. The predicted molar refractivity (Wildman–Crippen MR) is 123 cm³/mol. The van der Waals surface area contributed by atoms with E-state index in [1.807, 2.05) is 30.3 Å². The summed E-state index contributed by atoms with van der Waals surface area (Å²) in [6.45, 7) is 0.541. The number of hydrogen-bond acceptors (Lipinski definition) is 5. The Morgan fingerprint density at radius 1 is 1.21 bits per heavy atom. The number of aliphatic hydroxyl groups is 1. The lowest BCUT2D eigenvalue weighted by atomic mass is 10.2. The molecule has 1 unspecified atom stereocenters. The fourth-order valence-corrected chi connectivity index (χ4v) is 3.75. The molecule has 28 heavy (non-hydrogen) atoms. The van der Waals surface area contributed by atoms with Gasteiger partial charge in [-0.25, -0.2) is 0 Å². The van der Waals surface area contributed by atoms with E-state index in [-0.39, 0.29) is 42.8 Å². The zero-order valence-electron chi connectivity index (χ0n) is 15.2. The van der Waals surface area contributed by atoms with E-state index in [1.54, 1.807) is 36.6 Å². The molecule has 7 nitrogen and oxygen atoms in total. The molecule has 3 N–H and O–H groups in total. The SMILES string of the molecule is CN=C(NCc1ccccc1[N+](=O)[O-])NCC(O)c1cc2ccccc2s1.I. The van der Waals surface area contributed by atoms with Gasteiger partial charge in [0.25, 0.3) is 5.69 Å². The third kappa shape index (κ3) is 5.40. The second-order valence-corrected chi connectivity index (χ2v) is 7.01. The first-order valence-corrected chi connectivity index (χ1v) is 9.23. The number of para-hydroxylation sites is 1. The maximum atomic E-state index is 11.1. The van der Waals surface area contributed by atoms with E-state index in [0.29, 0.717) is 11.5 Å². The first kappa shape index (κ1) is 22.1. The Labute approximate surface area is 183 Å². The summed E-state index contributed by atoms with van der Waals surface area (Å²) in [5.41, 5.74) is 0.626. The lowest BCUT2D eigenvalue weighted by molar-refractivity contribution is -0.385. The topological polar surface area (TPSA) is 99.8 Å². The van der Waals surface area contributed by atoms with Crippen LogP contribution in [0.25, 0.3) is 10.1 Å². The Morgan fingerprint density at radius 2 is 1.93 bits per heavy atom. The van der Waals surface area contributed by atoms with Gasteiger partial charge >= 0.3 is 0 Å². The highest BCUT2D eigenvalue weighted by molar-refractivity contribution is 14.0. The van der Waals surface area contributed by atoms with Gasteiger partial charge in [-0.1, -0.05) is 36.4 Å². The molecule has 3 rings (SSSR count). The second kappa shape index (κ2) is 10.3. The van der Waals surface area contributed by atoms with E-state index in [1.165, 1.54) is 6.07 Å². The highest BCUT2D eigenvalue weighted by Gasteiger charge is 2.14. The summed E-state index contributed by atoms with van der Waals surface area (Å²) >= 11 is 1.55. The fourth-order valence-electron chi connectivity index (χ4n) is 2.70. The van der Waals surface area contributed by atoms with Crippen LogP contribution < -0.4 is 10.6 Å². The van der Waals surface area contributed by atoms with Crippen LogP contribution in [0.2, 0.25) is 0 Å². The summed E-state index contributed by atoms with van der Waals surface area (Å²) < 4.78 is 1.13. The molecule has 0 aliphatic rings. The molecule has 0 radical (unpaired) electrons. The maximum absolute atomic E-state index is 11.1. The van der Waals surface area contributed by atoms with Crippen LogP contribution in [0.4, 0.5) is 5.69 Å². The van der Waals surface area contributed by atoms with Crippen LogP contribution in [-0.4, -0.2) is 29.6 Å². The lowest BCUT2D eigenvalue weighted by Gasteiger charge is -2.14. The molecule has 0 aliphatic heterocycles. The standard InChI is InChI=1S/C19H20N4O3S.HI/c1-20-19(21-11-14-7-2-4-8-15(14)23(25)26)22-12-16(24)18-10-13-6-3-5-9-17(13)27-18;/h2-10,16,24H,11-12H2,1H3,(H2,20,21,22);1H. The van der Waals surface area contributed by atoms with Gasteiger partial charge in [0.05, 0.1) is 4.92 Å². The zero-order valence-corrected chi connectivity index (χ0v) is 18.3. The number of aliphatic hydroxyl groups excluding tert-OH is 1. The first-order chi connectivity index (χ1) is 13.1. The van der Waals surface area contributed by atoms with E-state index in [4.69, 9.17) is 0 Å². The van der Waals surface area contributed by atoms with Gasteiger partial charge in [0.1, 0.15) is 6.10 Å². The normalized spacial score (nSPS) is 12.3. The molecule has 1 heterocycles. The minimum Gasteiger partial charge on any atom is -0.386 e. The molecule has 0 bridgehead atoms. The van der Waals surface area contributed by atoms with Gasteiger partial charge in [-0.05, 0) is 17.5 Å². The fraction of sp³-hybridized carbons (Fsp3) is 0.211. The molecule has 9 heteroatoms. The van der Waals surface area contributed by atoms with Crippen LogP contribution in [-0.2, 0) is 6.54 Å². The molecule has 148 valence electrons. The summed E-state index contributed by atoms with van der Waals surface area (Å²) in [6, 6.07) is 16.5. The monoisotopic (exact) mass is 512 g/mol. The number of aliphatic imine (C=N–C) groups is 1. The number of nitrogens with one attached hydrogen (secondary N) is 2. The smallest absolute Gasteiger partial charge is 0.274 e. The molecule has 2 aromatic carbocycles. The summed E-state index contributed by atoms with van der Waals surface area (Å²) in [4.78, 5) is 15.7. The van der Waals surface area contributed by atoms with E-state index >= 15 is 0 Å². The summed E-state index contributed by atoms with van der Waals surface area (Å²) in [5.74, 6) is 0.466. The Balaban J connectivity index is 0.00000280. The van der Waals surface area contributed by atoms with Crippen LogP contribution in [0.5, 0.6) is 0 Å². The number of guanidine groups is 1. The molecule has 0 saturated carbocycles. The highest BCUT2D eigenvalue weighted by atomic mass is 127. The number of nitro benzene ring substituents is 1. The van der Waals surface area contributed by atoms with Gasteiger partial charge < -0.3 is 15.7 Å². The quantitative estimate of drug-likeness (QED) is 0.153. The van der Waals surface area contributed by atoms with Crippen molar-refractivity contribution in [3.63, 3.8) is 0 Å². The number of hydrogen-bond donors (Lipinski definition) is 3. The highest BCUT2D eigenvalue weighted by Crippen LogP contribution is 2.29. The molecule has 1 atom stereocenters.